The molecule has 0 bridgehead atoms. The van der Waals surface area contributed by atoms with Crippen LogP contribution in [0.2, 0.25) is 0 Å². The summed E-state index contributed by atoms with van der Waals surface area (Å²) in [5.41, 5.74) is 1.89. The standard InChI is InChI=1S/C20H32O2/c1-12-10-14-15-4-5-18(22)20(15,3)9-7-16(14)19(2)8-6-13(21)11-17(12)19/h13-18,21-22H,1,4-11H2,2-3H3/t13-,14-,15-,16-,17+,18-,19+,20-/m0/s1. The molecule has 0 aromatic carbocycles. The van der Waals surface area contributed by atoms with Crippen LogP contribution < -0.4 is 0 Å². The third-order valence-electron chi connectivity index (χ3n) is 8.54. The minimum atomic E-state index is -0.117. The first-order chi connectivity index (χ1) is 10.4. The molecule has 2 N–H and O–H groups in total. The lowest BCUT2D eigenvalue weighted by Gasteiger charge is -2.61. The summed E-state index contributed by atoms with van der Waals surface area (Å²) in [6.45, 7) is 9.28. The third-order valence-corrected chi connectivity index (χ3v) is 8.54. The largest absolute Gasteiger partial charge is 0.393 e. The highest BCUT2D eigenvalue weighted by molar-refractivity contribution is 5.20. The first-order valence-corrected chi connectivity index (χ1v) is 9.40. The van der Waals surface area contributed by atoms with Crippen molar-refractivity contribution in [3.05, 3.63) is 12.2 Å². The molecule has 4 saturated carbocycles. The Labute approximate surface area is 135 Å². The summed E-state index contributed by atoms with van der Waals surface area (Å²) in [6, 6.07) is 0. The van der Waals surface area contributed by atoms with Crippen molar-refractivity contribution in [1.29, 1.82) is 0 Å². The second-order valence-electron chi connectivity index (χ2n) is 9.36. The molecule has 0 saturated heterocycles. The van der Waals surface area contributed by atoms with Crippen LogP contribution >= 0.6 is 0 Å². The van der Waals surface area contributed by atoms with E-state index in [0.717, 1.165) is 43.9 Å². The fraction of sp³-hybridized carbons (Fsp3) is 0.900. The molecule has 2 nitrogen and oxygen atoms in total. The quantitative estimate of drug-likeness (QED) is 0.666. The molecule has 0 aromatic rings. The molecule has 0 unspecified atom stereocenters. The fourth-order valence-corrected chi connectivity index (χ4v) is 7.20. The number of aliphatic hydroxyl groups excluding tert-OH is 2. The maximum absolute atomic E-state index is 10.5. The molecule has 4 rings (SSSR count). The van der Waals surface area contributed by atoms with E-state index in [1.54, 1.807) is 0 Å². The van der Waals surface area contributed by atoms with Crippen LogP contribution in [0.25, 0.3) is 0 Å². The number of rotatable bonds is 0. The zero-order valence-corrected chi connectivity index (χ0v) is 14.2. The summed E-state index contributed by atoms with van der Waals surface area (Å²) in [5, 5.41) is 20.6. The molecule has 0 radical (unpaired) electrons. The summed E-state index contributed by atoms with van der Waals surface area (Å²) in [4.78, 5) is 0. The topological polar surface area (TPSA) is 40.5 Å². The normalized spacial score (nSPS) is 57.9. The van der Waals surface area contributed by atoms with Crippen LogP contribution in [0.15, 0.2) is 12.2 Å². The van der Waals surface area contributed by atoms with Crippen LogP contribution in [0.4, 0.5) is 0 Å². The number of hydrogen-bond donors (Lipinski definition) is 2. The highest BCUT2D eigenvalue weighted by atomic mass is 16.3. The maximum Gasteiger partial charge on any atom is 0.0596 e. The molecule has 2 heteroatoms. The second kappa shape index (κ2) is 4.83. The van der Waals surface area contributed by atoms with Gasteiger partial charge in [-0.05, 0) is 85.9 Å². The van der Waals surface area contributed by atoms with Crippen LogP contribution in [0, 0.1) is 34.5 Å². The Hall–Kier alpha value is -0.340. The van der Waals surface area contributed by atoms with E-state index in [9.17, 15) is 10.2 Å². The van der Waals surface area contributed by atoms with Gasteiger partial charge in [-0.3, -0.25) is 0 Å². The summed E-state index contributed by atoms with van der Waals surface area (Å²) in [5.74, 6) is 2.70. The van der Waals surface area contributed by atoms with Crippen LogP contribution in [-0.4, -0.2) is 22.4 Å². The van der Waals surface area contributed by atoms with Gasteiger partial charge in [-0.1, -0.05) is 26.0 Å². The van der Waals surface area contributed by atoms with Crippen molar-refractivity contribution in [2.24, 2.45) is 34.5 Å². The summed E-state index contributed by atoms with van der Waals surface area (Å²) in [7, 11) is 0. The molecular weight excluding hydrogens is 272 g/mol. The smallest absolute Gasteiger partial charge is 0.0596 e. The van der Waals surface area contributed by atoms with E-state index in [4.69, 9.17) is 0 Å². The lowest BCUT2D eigenvalue weighted by Crippen LogP contribution is -2.55. The van der Waals surface area contributed by atoms with Crippen LogP contribution in [0.5, 0.6) is 0 Å². The molecule has 0 aromatic heterocycles. The van der Waals surface area contributed by atoms with Crippen LogP contribution in [-0.2, 0) is 0 Å². The van der Waals surface area contributed by atoms with Gasteiger partial charge in [0.2, 0.25) is 0 Å². The Morgan fingerprint density at radius 3 is 2.41 bits per heavy atom. The molecule has 0 amide bonds. The van der Waals surface area contributed by atoms with Gasteiger partial charge in [-0.25, -0.2) is 0 Å². The average molecular weight is 304 g/mol. The van der Waals surface area contributed by atoms with Gasteiger partial charge in [-0.15, -0.1) is 0 Å². The summed E-state index contributed by atoms with van der Waals surface area (Å²) < 4.78 is 0. The zero-order chi connectivity index (χ0) is 15.7. The lowest BCUT2D eigenvalue weighted by molar-refractivity contribution is -0.114. The SMILES string of the molecule is C=C1C[C@@H]2[C@H](CC[C@]3(C)[C@@H](O)CC[C@@H]23)[C@@]2(C)CC[C@H](O)C[C@H]12. The minimum absolute atomic E-state index is 0.0922. The number of fused-ring (bicyclic) bond motifs is 5. The van der Waals surface area contributed by atoms with E-state index >= 15 is 0 Å². The average Bonchev–Trinajstić information content (AvgIpc) is 2.77. The number of hydrogen-bond acceptors (Lipinski definition) is 2. The highest BCUT2D eigenvalue weighted by Gasteiger charge is 2.60. The van der Waals surface area contributed by atoms with Gasteiger partial charge >= 0.3 is 0 Å². The first-order valence-electron chi connectivity index (χ1n) is 9.40. The summed E-state index contributed by atoms with van der Waals surface area (Å²) >= 11 is 0. The molecule has 0 heterocycles. The number of allylic oxidation sites excluding steroid dienone is 1. The van der Waals surface area contributed by atoms with Gasteiger partial charge in [0.05, 0.1) is 12.2 Å². The zero-order valence-electron chi connectivity index (χ0n) is 14.2. The first kappa shape index (κ1) is 15.2. The Morgan fingerprint density at radius 2 is 1.64 bits per heavy atom. The monoisotopic (exact) mass is 304 g/mol. The Bertz CT molecular complexity index is 486. The maximum atomic E-state index is 10.5. The molecule has 4 aliphatic rings. The Balaban J connectivity index is 1.68. The Kier molecular flexibility index (Phi) is 3.34. The van der Waals surface area contributed by atoms with Crippen molar-refractivity contribution < 1.29 is 10.2 Å². The van der Waals surface area contributed by atoms with E-state index in [1.165, 1.54) is 24.8 Å². The van der Waals surface area contributed by atoms with E-state index in [2.05, 4.69) is 20.4 Å². The van der Waals surface area contributed by atoms with Crippen molar-refractivity contribution in [3.63, 3.8) is 0 Å². The molecule has 22 heavy (non-hydrogen) atoms. The molecule has 124 valence electrons. The predicted octanol–water partition coefficient (Wildman–Crippen LogP) is 3.92. The number of aliphatic hydroxyl groups is 2. The summed E-state index contributed by atoms with van der Waals surface area (Å²) in [6.07, 6.45) is 8.65. The van der Waals surface area contributed by atoms with E-state index in [0.29, 0.717) is 17.3 Å². The lowest BCUT2D eigenvalue weighted by atomic mass is 9.44. The van der Waals surface area contributed by atoms with E-state index in [1.807, 2.05) is 0 Å². The Morgan fingerprint density at radius 1 is 0.955 bits per heavy atom. The predicted molar refractivity (Wildman–Crippen MR) is 88.3 cm³/mol. The molecule has 0 aliphatic heterocycles. The molecule has 4 fully saturated rings. The molecular formula is C20H32O2. The molecule has 4 aliphatic carbocycles. The van der Waals surface area contributed by atoms with Gasteiger partial charge in [0.25, 0.3) is 0 Å². The third kappa shape index (κ3) is 1.86. The highest BCUT2D eigenvalue weighted by Crippen LogP contribution is 2.66. The van der Waals surface area contributed by atoms with Gasteiger partial charge in [0, 0.05) is 0 Å². The van der Waals surface area contributed by atoms with Gasteiger partial charge in [-0.2, -0.15) is 0 Å². The van der Waals surface area contributed by atoms with Crippen molar-refractivity contribution in [2.75, 3.05) is 0 Å². The van der Waals surface area contributed by atoms with Gasteiger partial charge in [0.15, 0.2) is 0 Å². The van der Waals surface area contributed by atoms with Crippen molar-refractivity contribution in [1.82, 2.24) is 0 Å². The van der Waals surface area contributed by atoms with Gasteiger partial charge < -0.3 is 10.2 Å². The molecule has 8 atom stereocenters. The minimum Gasteiger partial charge on any atom is -0.393 e. The van der Waals surface area contributed by atoms with Crippen molar-refractivity contribution >= 4 is 0 Å². The fourth-order valence-electron chi connectivity index (χ4n) is 7.20. The van der Waals surface area contributed by atoms with Crippen molar-refractivity contribution in [3.8, 4) is 0 Å². The van der Waals surface area contributed by atoms with E-state index in [-0.39, 0.29) is 17.6 Å². The van der Waals surface area contributed by atoms with Gasteiger partial charge in [0.1, 0.15) is 0 Å². The molecule has 0 spiro atoms. The van der Waals surface area contributed by atoms with Crippen molar-refractivity contribution in [2.45, 2.75) is 77.4 Å². The van der Waals surface area contributed by atoms with E-state index < -0.39 is 0 Å². The van der Waals surface area contributed by atoms with Crippen LogP contribution in [0.1, 0.15) is 65.2 Å². The second-order valence-corrected chi connectivity index (χ2v) is 9.36. The van der Waals surface area contributed by atoms with Crippen LogP contribution in [0.3, 0.4) is 0 Å².